The number of para-hydroxylation sites is 1. The van der Waals surface area contributed by atoms with Crippen molar-refractivity contribution in [2.45, 2.75) is 26.3 Å². The van der Waals surface area contributed by atoms with Crippen molar-refractivity contribution in [2.75, 3.05) is 12.4 Å². The molecule has 0 saturated carbocycles. The molecule has 1 aliphatic rings. The first-order chi connectivity index (χ1) is 11.4. The maximum absolute atomic E-state index is 12.8. The van der Waals surface area contributed by atoms with E-state index in [1.807, 2.05) is 31.2 Å². The highest BCUT2D eigenvalue weighted by atomic mass is 16.5. The number of methoxy groups -OCH3 is 1. The number of allylic oxidation sites excluding steroid dienone is 1. The molecule has 3 aromatic rings. The minimum absolute atomic E-state index is 0.148. The summed E-state index contributed by atoms with van der Waals surface area (Å²) in [6.07, 6.45) is 2.14. The Hall–Kier alpha value is -2.75. The van der Waals surface area contributed by atoms with Gasteiger partial charge < -0.3 is 14.5 Å². The fraction of sp³-hybridized carbons (Fsp3) is 0.250. The minimum Gasteiger partial charge on any atom is -0.493 e. The standard InChI is InChI=1S/C20H19NO3/c1-11-10-20(2,3)21-14-9-8-12-13-6-5-7-15(23-4)18(13)24-19(22)17(12)16(11)14/h5-10,21H,1-4H3. The lowest BCUT2D eigenvalue weighted by Crippen LogP contribution is -2.31. The van der Waals surface area contributed by atoms with Gasteiger partial charge in [-0.25, -0.2) is 4.79 Å². The van der Waals surface area contributed by atoms with E-state index in [1.54, 1.807) is 13.2 Å². The summed E-state index contributed by atoms with van der Waals surface area (Å²) in [6, 6.07) is 9.67. The molecular formula is C20H19NO3. The summed E-state index contributed by atoms with van der Waals surface area (Å²) >= 11 is 0. The molecule has 0 unspecified atom stereocenters. The van der Waals surface area contributed by atoms with Crippen LogP contribution in [0.5, 0.6) is 5.75 Å². The largest absolute Gasteiger partial charge is 0.493 e. The molecular weight excluding hydrogens is 302 g/mol. The monoisotopic (exact) mass is 321 g/mol. The van der Waals surface area contributed by atoms with Gasteiger partial charge in [-0.1, -0.05) is 24.3 Å². The van der Waals surface area contributed by atoms with E-state index in [-0.39, 0.29) is 11.2 Å². The van der Waals surface area contributed by atoms with Gasteiger partial charge in [0.2, 0.25) is 0 Å². The molecule has 0 radical (unpaired) electrons. The van der Waals surface area contributed by atoms with E-state index >= 15 is 0 Å². The highest BCUT2D eigenvalue weighted by molar-refractivity contribution is 6.11. The number of anilines is 1. The van der Waals surface area contributed by atoms with Crippen molar-refractivity contribution in [3.05, 3.63) is 52.4 Å². The van der Waals surface area contributed by atoms with E-state index in [0.717, 1.165) is 27.6 Å². The van der Waals surface area contributed by atoms with Crippen LogP contribution in [0, 0.1) is 0 Å². The molecule has 24 heavy (non-hydrogen) atoms. The number of hydrogen-bond donors (Lipinski definition) is 1. The van der Waals surface area contributed by atoms with Crippen molar-refractivity contribution < 1.29 is 9.15 Å². The van der Waals surface area contributed by atoms with Crippen molar-refractivity contribution in [1.82, 2.24) is 0 Å². The molecule has 0 amide bonds. The number of fused-ring (bicyclic) bond motifs is 5. The van der Waals surface area contributed by atoms with Crippen LogP contribution < -0.4 is 15.7 Å². The van der Waals surface area contributed by atoms with E-state index < -0.39 is 0 Å². The number of rotatable bonds is 1. The number of ether oxygens (including phenoxy) is 1. The van der Waals surface area contributed by atoms with Gasteiger partial charge in [0.15, 0.2) is 11.3 Å². The lowest BCUT2D eigenvalue weighted by Gasteiger charge is -2.31. The molecule has 1 aromatic heterocycles. The van der Waals surface area contributed by atoms with Gasteiger partial charge in [-0.3, -0.25) is 0 Å². The Morgan fingerprint density at radius 2 is 1.92 bits per heavy atom. The van der Waals surface area contributed by atoms with Gasteiger partial charge in [0.05, 0.1) is 18.0 Å². The fourth-order valence-electron chi connectivity index (χ4n) is 3.69. The first kappa shape index (κ1) is 14.8. The second kappa shape index (κ2) is 4.87. The molecule has 1 aliphatic heterocycles. The number of nitrogens with one attached hydrogen (secondary N) is 1. The SMILES string of the molecule is COc1cccc2c1oc(=O)c1c3c(ccc12)NC(C)(C)C=C3C. The Kier molecular flexibility index (Phi) is 3.01. The molecule has 2 heterocycles. The van der Waals surface area contributed by atoms with Crippen LogP contribution in [0.1, 0.15) is 26.3 Å². The quantitative estimate of drug-likeness (QED) is 0.527. The summed E-state index contributed by atoms with van der Waals surface area (Å²) in [4.78, 5) is 12.8. The normalized spacial score (nSPS) is 15.8. The molecule has 0 saturated heterocycles. The fourth-order valence-corrected chi connectivity index (χ4v) is 3.69. The molecule has 4 nitrogen and oxygen atoms in total. The van der Waals surface area contributed by atoms with E-state index in [2.05, 4.69) is 25.2 Å². The smallest absolute Gasteiger partial charge is 0.345 e. The van der Waals surface area contributed by atoms with E-state index in [1.165, 1.54) is 0 Å². The third-order valence-electron chi connectivity index (χ3n) is 4.52. The molecule has 0 atom stereocenters. The maximum atomic E-state index is 12.8. The molecule has 2 aromatic carbocycles. The van der Waals surface area contributed by atoms with Crippen LogP contribution >= 0.6 is 0 Å². The molecule has 0 bridgehead atoms. The predicted octanol–water partition coefficient (Wildman–Crippen LogP) is 4.56. The summed E-state index contributed by atoms with van der Waals surface area (Å²) in [6.45, 7) is 6.25. The van der Waals surface area contributed by atoms with Gasteiger partial charge >= 0.3 is 5.63 Å². The van der Waals surface area contributed by atoms with Gasteiger partial charge in [-0.05, 0) is 38.5 Å². The predicted molar refractivity (Wildman–Crippen MR) is 97.9 cm³/mol. The van der Waals surface area contributed by atoms with Crippen LogP contribution in [-0.2, 0) is 0 Å². The maximum Gasteiger partial charge on any atom is 0.345 e. The van der Waals surface area contributed by atoms with Crippen molar-refractivity contribution in [1.29, 1.82) is 0 Å². The van der Waals surface area contributed by atoms with Gasteiger partial charge in [0.25, 0.3) is 0 Å². The Labute approximate surface area is 139 Å². The van der Waals surface area contributed by atoms with Crippen molar-refractivity contribution in [3.8, 4) is 5.75 Å². The molecule has 4 rings (SSSR count). The van der Waals surface area contributed by atoms with Crippen molar-refractivity contribution in [2.24, 2.45) is 0 Å². The van der Waals surface area contributed by atoms with Gasteiger partial charge in [-0.15, -0.1) is 0 Å². The van der Waals surface area contributed by atoms with Crippen molar-refractivity contribution >= 4 is 33.0 Å². The topological polar surface area (TPSA) is 51.5 Å². The summed E-state index contributed by atoms with van der Waals surface area (Å²) < 4.78 is 11.0. The average Bonchev–Trinajstić information content (AvgIpc) is 2.52. The molecule has 4 heteroatoms. The zero-order valence-electron chi connectivity index (χ0n) is 14.2. The minimum atomic E-state index is -0.340. The van der Waals surface area contributed by atoms with Crippen LogP contribution in [0.4, 0.5) is 5.69 Å². The van der Waals surface area contributed by atoms with Crippen molar-refractivity contribution in [3.63, 3.8) is 0 Å². The highest BCUT2D eigenvalue weighted by Gasteiger charge is 2.26. The first-order valence-electron chi connectivity index (χ1n) is 7.96. The van der Waals surface area contributed by atoms with Gasteiger partial charge in [0.1, 0.15) is 0 Å². The van der Waals surface area contributed by atoms with Crippen LogP contribution in [0.15, 0.2) is 45.6 Å². The second-order valence-electron chi connectivity index (χ2n) is 6.81. The molecule has 122 valence electrons. The highest BCUT2D eigenvalue weighted by Crippen LogP contribution is 2.39. The third kappa shape index (κ3) is 2.03. The zero-order chi connectivity index (χ0) is 17.1. The molecule has 1 N–H and O–H groups in total. The second-order valence-corrected chi connectivity index (χ2v) is 6.81. The first-order valence-corrected chi connectivity index (χ1v) is 7.96. The summed E-state index contributed by atoms with van der Waals surface area (Å²) in [5.41, 5.74) is 2.96. The number of benzene rings is 2. The van der Waals surface area contributed by atoms with Gasteiger partial charge in [0, 0.05) is 22.0 Å². The molecule has 0 fully saturated rings. The van der Waals surface area contributed by atoms with E-state index in [4.69, 9.17) is 9.15 Å². The lowest BCUT2D eigenvalue weighted by molar-refractivity contribution is 0.407. The van der Waals surface area contributed by atoms with Crippen LogP contribution in [0.2, 0.25) is 0 Å². The van der Waals surface area contributed by atoms with Crippen LogP contribution in [-0.4, -0.2) is 12.6 Å². The van der Waals surface area contributed by atoms with Crippen LogP contribution in [0.25, 0.3) is 27.3 Å². The zero-order valence-corrected chi connectivity index (χ0v) is 14.2. The van der Waals surface area contributed by atoms with Gasteiger partial charge in [-0.2, -0.15) is 0 Å². The lowest BCUT2D eigenvalue weighted by atomic mass is 9.88. The van der Waals surface area contributed by atoms with Crippen LogP contribution in [0.3, 0.4) is 0 Å². The number of hydrogen-bond acceptors (Lipinski definition) is 4. The average molecular weight is 321 g/mol. The van der Waals surface area contributed by atoms with E-state index in [0.29, 0.717) is 16.7 Å². The Morgan fingerprint density at radius 1 is 1.12 bits per heavy atom. The third-order valence-corrected chi connectivity index (χ3v) is 4.52. The molecule has 0 spiro atoms. The summed E-state index contributed by atoms with van der Waals surface area (Å²) in [5, 5.41) is 5.85. The molecule has 0 aliphatic carbocycles. The van der Waals surface area contributed by atoms with E-state index in [9.17, 15) is 4.79 Å². The summed E-state index contributed by atoms with van der Waals surface area (Å²) in [7, 11) is 1.57. The Bertz CT molecular complexity index is 1070. The summed E-state index contributed by atoms with van der Waals surface area (Å²) in [5.74, 6) is 0.566. The Morgan fingerprint density at radius 3 is 2.67 bits per heavy atom. The Balaban J connectivity index is 2.18.